The number of hydrogen-bond acceptors (Lipinski definition) is 3. The van der Waals surface area contributed by atoms with E-state index in [1.165, 1.54) is 43.1 Å². The Hall–Kier alpha value is -0.220. The largest absolute Gasteiger partial charge is 0.360 e. The highest BCUT2D eigenvalue weighted by Crippen LogP contribution is 2.25. The lowest BCUT2D eigenvalue weighted by molar-refractivity contribution is 0.252. The minimum atomic E-state index is 0.269. The summed E-state index contributed by atoms with van der Waals surface area (Å²) in [6, 6.07) is 0.503. The molecule has 0 saturated carbocycles. The van der Waals surface area contributed by atoms with Crippen LogP contribution in [0.25, 0.3) is 0 Å². The second-order valence-electron chi connectivity index (χ2n) is 5.63. The molecule has 4 heteroatoms. The zero-order chi connectivity index (χ0) is 12.3. The molecule has 0 spiro atoms. The van der Waals surface area contributed by atoms with Gasteiger partial charge in [0.05, 0.1) is 6.04 Å². The van der Waals surface area contributed by atoms with E-state index in [9.17, 15) is 0 Å². The SMILES string of the molecule is CCC1(C)CCSC(=NC2CCCN(C)C2)N1. The van der Waals surface area contributed by atoms with Crippen molar-refractivity contribution in [2.24, 2.45) is 4.99 Å². The van der Waals surface area contributed by atoms with E-state index in [1.54, 1.807) is 0 Å². The van der Waals surface area contributed by atoms with Gasteiger partial charge in [-0.2, -0.15) is 0 Å². The number of aliphatic imine (C=N–C) groups is 1. The third kappa shape index (κ3) is 3.62. The smallest absolute Gasteiger partial charge is 0.157 e. The van der Waals surface area contributed by atoms with Crippen molar-refractivity contribution in [3.8, 4) is 0 Å². The van der Waals surface area contributed by atoms with E-state index in [1.807, 2.05) is 11.8 Å². The topological polar surface area (TPSA) is 27.6 Å². The minimum absolute atomic E-state index is 0.269. The van der Waals surface area contributed by atoms with Crippen molar-refractivity contribution in [1.29, 1.82) is 0 Å². The molecule has 98 valence electrons. The highest BCUT2D eigenvalue weighted by molar-refractivity contribution is 8.13. The Bertz CT molecular complexity index is 292. The van der Waals surface area contributed by atoms with Gasteiger partial charge >= 0.3 is 0 Å². The maximum Gasteiger partial charge on any atom is 0.157 e. The van der Waals surface area contributed by atoms with Crippen molar-refractivity contribution in [3.05, 3.63) is 0 Å². The molecule has 0 radical (unpaired) electrons. The summed E-state index contributed by atoms with van der Waals surface area (Å²) in [5.41, 5.74) is 0.269. The highest BCUT2D eigenvalue weighted by atomic mass is 32.2. The van der Waals surface area contributed by atoms with Crippen LogP contribution in [0.2, 0.25) is 0 Å². The van der Waals surface area contributed by atoms with Crippen LogP contribution in [0.1, 0.15) is 39.5 Å². The van der Waals surface area contributed by atoms with Crippen LogP contribution in [-0.4, -0.2) is 47.5 Å². The van der Waals surface area contributed by atoms with E-state index in [-0.39, 0.29) is 5.54 Å². The lowest BCUT2D eigenvalue weighted by atomic mass is 9.96. The molecule has 2 unspecified atom stereocenters. The first-order valence-corrected chi connectivity index (χ1v) is 7.77. The van der Waals surface area contributed by atoms with Crippen LogP contribution >= 0.6 is 11.8 Å². The van der Waals surface area contributed by atoms with Crippen LogP contribution in [0.4, 0.5) is 0 Å². The van der Waals surface area contributed by atoms with Gasteiger partial charge in [0, 0.05) is 17.8 Å². The average Bonchev–Trinajstić information content (AvgIpc) is 2.29. The van der Waals surface area contributed by atoms with Gasteiger partial charge < -0.3 is 10.2 Å². The maximum atomic E-state index is 4.92. The summed E-state index contributed by atoms with van der Waals surface area (Å²) in [6.07, 6.45) is 4.96. The van der Waals surface area contributed by atoms with Gasteiger partial charge in [-0.1, -0.05) is 18.7 Å². The third-order valence-electron chi connectivity index (χ3n) is 3.98. The Morgan fingerprint density at radius 2 is 2.41 bits per heavy atom. The quantitative estimate of drug-likeness (QED) is 0.821. The molecule has 0 aromatic rings. The van der Waals surface area contributed by atoms with E-state index >= 15 is 0 Å². The van der Waals surface area contributed by atoms with Gasteiger partial charge in [0.25, 0.3) is 0 Å². The minimum Gasteiger partial charge on any atom is -0.360 e. The summed E-state index contributed by atoms with van der Waals surface area (Å²) in [6.45, 7) is 6.92. The lowest BCUT2D eigenvalue weighted by Crippen LogP contribution is -2.49. The first-order valence-electron chi connectivity index (χ1n) is 6.78. The molecule has 1 N–H and O–H groups in total. The Balaban J connectivity index is 1.96. The number of likely N-dealkylation sites (tertiary alicyclic amines) is 1. The molecule has 2 atom stereocenters. The number of thioether (sulfide) groups is 1. The molecule has 0 aromatic carbocycles. The third-order valence-corrected chi connectivity index (χ3v) is 4.87. The van der Waals surface area contributed by atoms with Gasteiger partial charge in [-0.15, -0.1) is 0 Å². The lowest BCUT2D eigenvalue weighted by Gasteiger charge is -2.36. The summed E-state index contributed by atoms with van der Waals surface area (Å²) in [5, 5.41) is 4.82. The zero-order valence-electron chi connectivity index (χ0n) is 11.3. The molecular formula is C13H25N3S. The predicted octanol–water partition coefficient (Wildman–Crippen LogP) is 2.33. The summed E-state index contributed by atoms with van der Waals surface area (Å²) in [7, 11) is 2.20. The molecule has 3 nitrogen and oxygen atoms in total. The number of amidine groups is 1. The fourth-order valence-corrected chi connectivity index (χ4v) is 3.76. The number of likely N-dealkylation sites (N-methyl/N-ethyl adjacent to an activating group) is 1. The van der Waals surface area contributed by atoms with Crippen LogP contribution in [0.3, 0.4) is 0 Å². The van der Waals surface area contributed by atoms with Gasteiger partial charge in [-0.05, 0) is 46.2 Å². The molecule has 0 amide bonds. The van der Waals surface area contributed by atoms with E-state index in [0.717, 1.165) is 6.54 Å². The molecule has 2 aliphatic heterocycles. The van der Waals surface area contributed by atoms with Gasteiger partial charge in [-0.25, -0.2) is 0 Å². The van der Waals surface area contributed by atoms with E-state index in [4.69, 9.17) is 4.99 Å². The molecule has 0 aliphatic carbocycles. The maximum absolute atomic E-state index is 4.92. The summed E-state index contributed by atoms with van der Waals surface area (Å²) >= 11 is 1.90. The zero-order valence-corrected chi connectivity index (χ0v) is 12.1. The molecule has 2 fully saturated rings. The van der Waals surface area contributed by atoms with Gasteiger partial charge in [0.1, 0.15) is 0 Å². The molecule has 0 bridgehead atoms. The number of nitrogens with one attached hydrogen (secondary N) is 1. The molecule has 2 aliphatic rings. The van der Waals surface area contributed by atoms with E-state index in [0.29, 0.717) is 6.04 Å². The highest BCUT2D eigenvalue weighted by Gasteiger charge is 2.28. The van der Waals surface area contributed by atoms with Gasteiger partial charge in [0.2, 0.25) is 0 Å². The fourth-order valence-electron chi connectivity index (χ4n) is 2.47. The van der Waals surface area contributed by atoms with Crippen molar-refractivity contribution in [2.75, 3.05) is 25.9 Å². The van der Waals surface area contributed by atoms with Crippen LogP contribution in [0.5, 0.6) is 0 Å². The molecule has 17 heavy (non-hydrogen) atoms. The van der Waals surface area contributed by atoms with Crippen molar-refractivity contribution >= 4 is 16.9 Å². The molecule has 2 saturated heterocycles. The van der Waals surface area contributed by atoms with Crippen molar-refractivity contribution < 1.29 is 0 Å². The number of piperidine rings is 1. The first-order chi connectivity index (χ1) is 8.11. The predicted molar refractivity (Wildman–Crippen MR) is 76.9 cm³/mol. The van der Waals surface area contributed by atoms with Crippen molar-refractivity contribution in [3.63, 3.8) is 0 Å². The average molecular weight is 255 g/mol. The second kappa shape index (κ2) is 5.61. The normalized spacial score (nSPS) is 38.1. The fraction of sp³-hybridized carbons (Fsp3) is 0.923. The number of nitrogens with zero attached hydrogens (tertiary/aromatic N) is 2. The molecular weight excluding hydrogens is 230 g/mol. The van der Waals surface area contributed by atoms with E-state index < -0.39 is 0 Å². The Labute approximate surface area is 109 Å². The Morgan fingerprint density at radius 3 is 3.12 bits per heavy atom. The number of rotatable bonds is 2. The Kier molecular flexibility index (Phi) is 4.36. The molecule has 0 aromatic heterocycles. The van der Waals surface area contributed by atoms with Gasteiger partial charge in [0.15, 0.2) is 5.17 Å². The van der Waals surface area contributed by atoms with E-state index in [2.05, 4.69) is 31.1 Å². The van der Waals surface area contributed by atoms with Crippen LogP contribution in [0, 0.1) is 0 Å². The molecule has 2 heterocycles. The summed E-state index contributed by atoms with van der Waals surface area (Å²) < 4.78 is 0. The van der Waals surface area contributed by atoms with Crippen molar-refractivity contribution in [1.82, 2.24) is 10.2 Å². The van der Waals surface area contributed by atoms with Crippen LogP contribution < -0.4 is 5.32 Å². The first kappa shape index (κ1) is 13.2. The standard InChI is InChI=1S/C13H25N3S/c1-4-13(2)7-9-17-12(15-13)14-11-6-5-8-16(3)10-11/h11H,4-10H2,1-3H3,(H,14,15). The monoisotopic (exact) mass is 255 g/mol. The summed E-state index contributed by atoms with van der Waals surface area (Å²) in [5.74, 6) is 1.21. The van der Waals surface area contributed by atoms with Gasteiger partial charge in [-0.3, -0.25) is 4.99 Å². The summed E-state index contributed by atoms with van der Waals surface area (Å²) in [4.78, 5) is 7.31. The second-order valence-corrected chi connectivity index (χ2v) is 6.71. The number of hydrogen-bond donors (Lipinski definition) is 1. The van der Waals surface area contributed by atoms with Crippen molar-refractivity contribution in [2.45, 2.75) is 51.1 Å². The van der Waals surface area contributed by atoms with Crippen LogP contribution in [0.15, 0.2) is 4.99 Å². The molecule has 2 rings (SSSR count). The Morgan fingerprint density at radius 1 is 1.59 bits per heavy atom. The van der Waals surface area contributed by atoms with Crippen LogP contribution in [-0.2, 0) is 0 Å².